The summed E-state index contributed by atoms with van der Waals surface area (Å²) in [6, 6.07) is 0. The van der Waals surface area contributed by atoms with Crippen LogP contribution in [0, 0.1) is 12.8 Å². The first-order valence-electron chi connectivity index (χ1n) is 6.07. The molecule has 0 radical (unpaired) electrons. The third-order valence-electron chi connectivity index (χ3n) is 2.42. The Hall–Kier alpha value is -0.500. The SMILES string of the molecule is Cc1nc(CC(C)C)c(C(=O)NCC(F)(F)CN)s1.Cl.Cl. The number of hydrogen-bond acceptors (Lipinski definition) is 4. The number of nitrogens with one attached hydrogen (secondary N) is 1. The molecular weight excluding hydrogens is 343 g/mol. The van der Waals surface area contributed by atoms with Crippen LogP contribution in [0.2, 0.25) is 0 Å². The summed E-state index contributed by atoms with van der Waals surface area (Å²) < 4.78 is 26.0. The number of amides is 1. The number of nitrogens with zero attached hydrogens (tertiary/aromatic N) is 1. The Morgan fingerprint density at radius 3 is 2.48 bits per heavy atom. The number of aryl methyl sites for hydroxylation is 1. The number of carbonyl (C=O) groups excluding carboxylic acids is 1. The molecule has 9 heteroatoms. The van der Waals surface area contributed by atoms with E-state index in [-0.39, 0.29) is 24.8 Å². The molecule has 1 rings (SSSR count). The van der Waals surface area contributed by atoms with Gasteiger partial charge in [-0.3, -0.25) is 4.79 Å². The first-order valence-corrected chi connectivity index (χ1v) is 6.89. The molecule has 0 saturated heterocycles. The Bertz CT molecular complexity index is 456. The van der Waals surface area contributed by atoms with E-state index < -0.39 is 24.9 Å². The second kappa shape index (κ2) is 9.50. The minimum Gasteiger partial charge on any atom is -0.345 e. The highest BCUT2D eigenvalue weighted by Gasteiger charge is 2.28. The van der Waals surface area contributed by atoms with Crippen LogP contribution in [0.5, 0.6) is 0 Å². The number of hydrogen-bond donors (Lipinski definition) is 2. The number of carbonyl (C=O) groups is 1. The number of alkyl halides is 2. The first kappa shape index (κ1) is 22.8. The van der Waals surface area contributed by atoms with E-state index in [1.54, 1.807) is 6.92 Å². The summed E-state index contributed by atoms with van der Waals surface area (Å²) in [7, 11) is 0. The summed E-state index contributed by atoms with van der Waals surface area (Å²) in [5.74, 6) is -3.24. The van der Waals surface area contributed by atoms with Crippen LogP contribution in [0.25, 0.3) is 0 Å². The highest BCUT2D eigenvalue weighted by Crippen LogP contribution is 2.21. The van der Waals surface area contributed by atoms with Crippen molar-refractivity contribution >= 4 is 42.1 Å². The van der Waals surface area contributed by atoms with Crippen LogP contribution in [-0.2, 0) is 6.42 Å². The number of aromatic nitrogens is 1. The maximum atomic E-state index is 13.0. The van der Waals surface area contributed by atoms with Crippen molar-refractivity contribution in [2.75, 3.05) is 13.1 Å². The lowest BCUT2D eigenvalue weighted by molar-refractivity contribution is 0.0119. The summed E-state index contributed by atoms with van der Waals surface area (Å²) >= 11 is 1.22. The van der Waals surface area contributed by atoms with Crippen molar-refractivity contribution in [1.29, 1.82) is 0 Å². The van der Waals surface area contributed by atoms with Crippen molar-refractivity contribution < 1.29 is 13.6 Å². The molecule has 1 amide bonds. The number of nitrogens with two attached hydrogens (primary N) is 1. The normalized spacial score (nSPS) is 10.8. The zero-order valence-corrected chi connectivity index (χ0v) is 14.6. The second-order valence-corrected chi connectivity index (χ2v) is 6.05. The van der Waals surface area contributed by atoms with E-state index in [4.69, 9.17) is 5.73 Å². The quantitative estimate of drug-likeness (QED) is 0.816. The van der Waals surface area contributed by atoms with Gasteiger partial charge in [-0.05, 0) is 19.3 Å². The Morgan fingerprint density at radius 1 is 1.43 bits per heavy atom. The summed E-state index contributed by atoms with van der Waals surface area (Å²) in [6.07, 6.45) is 0.653. The van der Waals surface area contributed by atoms with Gasteiger partial charge in [-0.15, -0.1) is 36.2 Å². The lowest BCUT2D eigenvalue weighted by Crippen LogP contribution is -2.41. The number of rotatable bonds is 6. The van der Waals surface area contributed by atoms with Gasteiger partial charge in [0, 0.05) is 0 Å². The van der Waals surface area contributed by atoms with E-state index >= 15 is 0 Å². The van der Waals surface area contributed by atoms with Crippen molar-refractivity contribution in [2.24, 2.45) is 11.7 Å². The van der Waals surface area contributed by atoms with E-state index in [9.17, 15) is 13.6 Å². The van der Waals surface area contributed by atoms with Gasteiger partial charge in [-0.1, -0.05) is 13.8 Å². The van der Waals surface area contributed by atoms with Crippen molar-refractivity contribution in [3.05, 3.63) is 15.6 Å². The van der Waals surface area contributed by atoms with Crippen molar-refractivity contribution in [1.82, 2.24) is 10.3 Å². The van der Waals surface area contributed by atoms with Gasteiger partial charge in [-0.2, -0.15) is 0 Å². The van der Waals surface area contributed by atoms with E-state index in [1.165, 1.54) is 11.3 Å². The Labute approximate surface area is 139 Å². The summed E-state index contributed by atoms with van der Waals surface area (Å²) in [4.78, 5) is 16.6. The van der Waals surface area contributed by atoms with Crippen LogP contribution >= 0.6 is 36.2 Å². The van der Waals surface area contributed by atoms with Gasteiger partial charge in [0.2, 0.25) is 0 Å². The molecular formula is C12H21Cl2F2N3OS. The van der Waals surface area contributed by atoms with Gasteiger partial charge < -0.3 is 11.1 Å². The third-order valence-corrected chi connectivity index (χ3v) is 3.43. The second-order valence-electron chi connectivity index (χ2n) is 4.85. The maximum Gasteiger partial charge on any atom is 0.277 e. The van der Waals surface area contributed by atoms with Crippen LogP contribution in [0.15, 0.2) is 0 Å². The zero-order chi connectivity index (χ0) is 14.6. The molecule has 0 aliphatic carbocycles. The standard InChI is InChI=1S/C12H19F2N3OS.2ClH/c1-7(2)4-9-10(19-8(3)17-9)11(18)16-6-12(13,14)5-15;;/h7H,4-6,15H2,1-3H3,(H,16,18);2*1H. The van der Waals surface area contributed by atoms with Gasteiger partial charge in [0.1, 0.15) is 4.88 Å². The molecule has 0 spiro atoms. The molecule has 1 aromatic heterocycles. The number of halogens is 4. The Morgan fingerprint density at radius 2 is 2.00 bits per heavy atom. The van der Waals surface area contributed by atoms with Crippen LogP contribution in [0.4, 0.5) is 8.78 Å². The molecule has 0 aliphatic heterocycles. The average Bonchev–Trinajstić information content (AvgIpc) is 2.66. The van der Waals surface area contributed by atoms with Crippen LogP contribution in [0.3, 0.4) is 0 Å². The third kappa shape index (κ3) is 7.35. The minimum atomic E-state index is -3.08. The molecule has 0 bridgehead atoms. The van der Waals surface area contributed by atoms with Gasteiger partial charge in [0.25, 0.3) is 11.8 Å². The fourth-order valence-electron chi connectivity index (χ4n) is 1.53. The molecule has 3 N–H and O–H groups in total. The van der Waals surface area contributed by atoms with E-state index in [0.29, 0.717) is 22.9 Å². The molecule has 0 fully saturated rings. The van der Waals surface area contributed by atoms with Crippen molar-refractivity contribution in [3.63, 3.8) is 0 Å². The van der Waals surface area contributed by atoms with Gasteiger partial charge in [0.05, 0.1) is 23.8 Å². The maximum absolute atomic E-state index is 13.0. The molecule has 0 unspecified atom stereocenters. The molecule has 0 aromatic carbocycles. The molecule has 0 saturated carbocycles. The predicted octanol–water partition coefficient (Wildman–Crippen LogP) is 2.82. The van der Waals surface area contributed by atoms with Gasteiger partial charge in [0.15, 0.2) is 0 Å². The smallest absolute Gasteiger partial charge is 0.277 e. The first-order chi connectivity index (χ1) is 8.75. The molecule has 21 heavy (non-hydrogen) atoms. The highest BCUT2D eigenvalue weighted by molar-refractivity contribution is 7.13. The van der Waals surface area contributed by atoms with E-state index in [1.807, 2.05) is 13.8 Å². The summed E-state index contributed by atoms with van der Waals surface area (Å²) in [6.45, 7) is 4.28. The van der Waals surface area contributed by atoms with Crippen molar-refractivity contribution in [2.45, 2.75) is 33.1 Å². The monoisotopic (exact) mass is 363 g/mol. The lowest BCUT2D eigenvalue weighted by atomic mass is 10.1. The minimum absolute atomic E-state index is 0. The van der Waals surface area contributed by atoms with Crippen LogP contribution in [0.1, 0.15) is 34.2 Å². The average molecular weight is 364 g/mol. The Balaban J connectivity index is 0. The number of thiazole rings is 1. The molecule has 124 valence electrons. The predicted molar refractivity (Wildman–Crippen MR) is 86.2 cm³/mol. The summed E-state index contributed by atoms with van der Waals surface area (Å²) in [5, 5.41) is 2.97. The molecule has 1 heterocycles. The Kier molecular flexibility index (Phi) is 10.3. The largest absolute Gasteiger partial charge is 0.345 e. The fourth-order valence-corrected chi connectivity index (χ4v) is 2.40. The van der Waals surface area contributed by atoms with Gasteiger partial charge >= 0.3 is 0 Å². The van der Waals surface area contributed by atoms with Crippen LogP contribution < -0.4 is 11.1 Å². The molecule has 0 atom stereocenters. The topological polar surface area (TPSA) is 68.0 Å². The summed E-state index contributed by atoms with van der Waals surface area (Å²) in [5.41, 5.74) is 5.59. The molecule has 0 aliphatic rings. The zero-order valence-electron chi connectivity index (χ0n) is 12.1. The molecule has 1 aromatic rings. The van der Waals surface area contributed by atoms with E-state index in [2.05, 4.69) is 10.3 Å². The van der Waals surface area contributed by atoms with Crippen LogP contribution in [-0.4, -0.2) is 29.9 Å². The molecule has 4 nitrogen and oxygen atoms in total. The highest BCUT2D eigenvalue weighted by atomic mass is 35.5. The lowest BCUT2D eigenvalue weighted by Gasteiger charge is -2.14. The van der Waals surface area contributed by atoms with E-state index in [0.717, 1.165) is 5.01 Å². The fraction of sp³-hybridized carbons (Fsp3) is 0.667. The van der Waals surface area contributed by atoms with Crippen molar-refractivity contribution in [3.8, 4) is 0 Å². The van der Waals surface area contributed by atoms with Gasteiger partial charge in [-0.25, -0.2) is 13.8 Å².